The summed E-state index contributed by atoms with van der Waals surface area (Å²) in [5.74, 6) is 0. The smallest absolute Gasteiger partial charge is 0.271 e. The maximum Gasteiger partial charge on any atom is 0.271 e. The van der Waals surface area contributed by atoms with E-state index in [1.54, 1.807) is 0 Å². The van der Waals surface area contributed by atoms with Crippen molar-refractivity contribution in [2.24, 2.45) is 0 Å². The number of nitrogens with zero attached hydrogens (tertiary/aromatic N) is 1. The summed E-state index contributed by atoms with van der Waals surface area (Å²) in [6.07, 6.45) is 0. The first-order valence-electron chi connectivity index (χ1n) is 3.32. The summed E-state index contributed by atoms with van der Waals surface area (Å²) in [6, 6.07) is 3.53. The fourth-order valence-corrected chi connectivity index (χ4v) is 1.44. The van der Waals surface area contributed by atoms with Crippen LogP contribution in [0.25, 0.3) is 0 Å². The Hall–Kier alpha value is -1.18. The zero-order chi connectivity index (χ0) is 10.7. The molecule has 0 bridgehead atoms. The standard InChI is InChI=1S/C6H5ClN2O4S/c7-5-3-4(9(10)11)1-2-6(5)8-14(12)13/h1-3,8H,(H,12,13). The number of hydrogen-bond donors (Lipinski definition) is 2. The van der Waals surface area contributed by atoms with Crippen LogP contribution in [0.15, 0.2) is 18.2 Å². The van der Waals surface area contributed by atoms with Gasteiger partial charge in [0.25, 0.3) is 17.0 Å². The first-order valence-corrected chi connectivity index (χ1v) is 4.80. The predicted octanol–water partition coefficient (Wildman–Crippen LogP) is 1.80. The molecule has 14 heavy (non-hydrogen) atoms. The maximum absolute atomic E-state index is 10.3. The number of non-ortho nitro benzene ring substituents is 1. The highest BCUT2D eigenvalue weighted by atomic mass is 35.5. The Morgan fingerprint density at radius 2 is 2.21 bits per heavy atom. The van der Waals surface area contributed by atoms with Gasteiger partial charge in [-0.15, -0.1) is 0 Å². The number of nitro benzene ring substituents is 1. The van der Waals surface area contributed by atoms with Crippen LogP contribution < -0.4 is 4.72 Å². The van der Waals surface area contributed by atoms with Crippen LogP contribution in [-0.4, -0.2) is 13.7 Å². The van der Waals surface area contributed by atoms with Gasteiger partial charge in [0, 0.05) is 12.1 Å². The van der Waals surface area contributed by atoms with Crippen LogP contribution in [-0.2, 0) is 11.3 Å². The molecule has 2 N–H and O–H groups in total. The number of nitrogens with one attached hydrogen (secondary N) is 1. The summed E-state index contributed by atoms with van der Waals surface area (Å²) in [5, 5.41) is 10.3. The number of hydrogen-bond acceptors (Lipinski definition) is 3. The summed E-state index contributed by atoms with van der Waals surface area (Å²) in [4.78, 5) is 9.70. The van der Waals surface area contributed by atoms with Crippen molar-refractivity contribution >= 4 is 34.2 Å². The lowest BCUT2D eigenvalue weighted by molar-refractivity contribution is -0.384. The number of rotatable bonds is 3. The zero-order valence-corrected chi connectivity index (χ0v) is 8.21. The minimum absolute atomic E-state index is 0.0154. The van der Waals surface area contributed by atoms with Gasteiger partial charge in [0.2, 0.25) is 0 Å². The SMILES string of the molecule is O=[N+]([O-])c1ccc(NS(=O)O)c(Cl)c1. The van der Waals surface area contributed by atoms with Gasteiger partial charge < -0.3 is 0 Å². The van der Waals surface area contributed by atoms with Crippen LogP contribution >= 0.6 is 11.6 Å². The van der Waals surface area contributed by atoms with E-state index in [9.17, 15) is 14.3 Å². The first-order chi connectivity index (χ1) is 6.50. The molecule has 0 fully saturated rings. The number of anilines is 1. The van der Waals surface area contributed by atoms with Crippen molar-refractivity contribution in [3.05, 3.63) is 33.3 Å². The molecule has 1 aromatic carbocycles. The minimum Gasteiger partial charge on any atom is -0.289 e. The zero-order valence-electron chi connectivity index (χ0n) is 6.64. The molecule has 0 radical (unpaired) electrons. The third-order valence-electron chi connectivity index (χ3n) is 1.36. The summed E-state index contributed by atoms with van der Waals surface area (Å²) in [6.45, 7) is 0. The lowest BCUT2D eigenvalue weighted by Crippen LogP contribution is -2.02. The highest BCUT2D eigenvalue weighted by Gasteiger charge is 2.09. The Labute approximate surface area is 86.5 Å². The first kappa shape index (κ1) is 10.9. The molecule has 0 spiro atoms. The Bertz CT molecular complexity index is 397. The third-order valence-corrected chi connectivity index (χ3v) is 2.07. The van der Waals surface area contributed by atoms with Crippen molar-refractivity contribution in [1.82, 2.24) is 0 Å². The van der Waals surface area contributed by atoms with E-state index in [1.807, 2.05) is 0 Å². The van der Waals surface area contributed by atoms with E-state index in [2.05, 4.69) is 4.72 Å². The van der Waals surface area contributed by atoms with Crippen molar-refractivity contribution in [2.45, 2.75) is 0 Å². The van der Waals surface area contributed by atoms with Gasteiger partial charge >= 0.3 is 0 Å². The molecule has 1 aromatic rings. The van der Waals surface area contributed by atoms with Crippen molar-refractivity contribution < 1.29 is 13.7 Å². The van der Waals surface area contributed by atoms with E-state index in [0.29, 0.717) is 0 Å². The highest BCUT2D eigenvalue weighted by molar-refractivity contribution is 7.80. The second-order valence-corrected chi connectivity index (χ2v) is 3.38. The van der Waals surface area contributed by atoms with Crippen LogP contribution in [0.3, 0.4) is 0 Å². The van der Waals surface area contributed by atoms with Crippen LogP contribution in [0.4, 0.5) is 11.4 Å². The van der Waals surface area contributed by atoms with Crippen molar-refractivity contribution in [1.29, 1.82) is 0 Å². The minimum atomic E-state index is -2.25. The van der Waals surface area contributed by atoms with E-state index in [4.69, 9.17) is 16.2 Å². The lowest BCUT2D eigenvalue weighted by atomic mass is 10.3. The van der Waals surface area contributed by atoms with Crippen LogP contribution in [0.1, 0.15) is 0 Å². The molecule has 0 amide bonds. The average molecular weight is 237 g/mol. The molecule has 0 aliphatic heterocycles. The summed E-state index contributed by atoms with van der Waals surface area (Å²) in [7, 11) is 0. The molecule has 0 aliphatic rings. The van der Waals surface area contributed by atoms with E-state index in [1.165, 1.54) is 12.1 Å². The summed E-state index contributed by atoms with van der Waals surface area (Å²) in [5.41, 5.74) is -0.0117. The molecule has 1 unspecified atom stereocenters. The largest absolute Gasteiger partial charge is 0.289 e. The van der Waals surface area contributed by atoms with Gasteiger partial charge in [0.05, 0.1) is 15.6 Å². The lowest BCUT2D eigenvalue weighted by Gasteiger charge is -2.02. The molecule has 0 heterocycles. The molecule has 0 saturated carbocycles. The van der Waals surface area contributed by atoms with Gasteiger partial charge in [-0.05, 0) is 6.07 Å². The summed E-state index contributed by atoms with van der Waals surface area (Å²) < 4.78 is 20.9. The Morgan fingerprint density at radius 3 is 2.64 bits per heavy atom. The molecule has 76 valence electrons. The molecule has 0 aliphatic carbocycles. The van der Waals surface area contributed by atoms with Gasteiger partial charge in [-0.3, -0.25) is 19.4 Å². The predicted molar refractivity (Wildman–Crippen MR) is 52.5 cm³/mol. The number of halogens is 1. The number of benzene rings is 1. The number of nitro groups is 1. The normalized spacial score (nSPS) is 12.1. The monoisotopic (exact) mass is 236 g/mol. The average Bonchev–Trinajstić information content (AvgIpc) is 2.07. The summed E-state index contributed by atoms with van der Waals surface area (Å²) >= 11 is 3.36. The maximum atomic E-state index is 10.3. The molecular formula is C6H5ClN2O4S. The van der Waals surface area contributed by atoms with Gasteiger partial charge in [-0.1, -0.05) is 11.6 Å². The molecular weight excluding hydrogens is 232 g/mol. The van der Waals surface area contributed by atoms with E-state index in [-0.39, 0.29) is 16.4 Å². The van der Waals surface area contributed by atoms with Gasteiger partial charge in [-0.2, -0.15) is 0 Å². The molecule has 1 atom stereocenters. The molecule has 0 saturated heterocycles. The van der Waals surface area contributed by atoms with Crippen molar-refractivity contribution in [2.75, 3.05) is 4.72 Å². The fraction of sp³-hybridized carbons (Fsp3) is 0. The van der Waals surface area contributed by atoms with Gasteiger partial charge in [-0.25, -0.2) is 4.21 Å². The van der Waals surface area contributed by atoms with Crippen molar-refractivity contribution in [3.63, 3.8) is 0 Å². The topological polar surface area (TPSA) is 92.5 Å². The van der Waals surface area contributed by atoms with Crippen LogP contribution in [0.2, 0.25) is 5.02 Å². The van der Waals surface area contributed by atoms with Crippen molar-refractivity contribution in [3.8, 4) is 0 Å². The fourth-order valence-electron chi connectivity index (χ4n) is 0.794. The van der Waals surface area contributed by atoms with Gasteiger partial charge in [0.1, 0.15) is 0 Å². The molecule has 6 nitrogen and oxygen atoms in total. The Balaban J connectivity index is 3.01. The van der Waals surface area contributed by atoms with Crippen LogP contribution in [0.5, 0.6) is 0 Å². The second-order valence-electron chi connectivity index (χ2n) is 2.27. The quantitative estimate of drug-likeness (QED) is 0.475. The van der Waals surface area contributed by atoms with E-state index < -0.39 is 16.2 Å². The molecule has 8 heteroatoms. The third kappa shape index (κ3) is 2.66. The molecule has 1 rings (SSSR count). The van der Waals surface area contributed by atoms with Crippen LogP contribution in [0, 0.1) is 10.1 Å². The van der Waals surface area contributed by atoms with E-state index >= 15 is 0 Å². The second kappa shape index (κ2) is 4.36. The Kier molecular flexibility index (Phi) is 3.39. The molecule has 0 aromatic heterocycles. The van der Waals surface area contributed by atoms with E-state index in [0.717, 1.165) is 6.07 Å². The highest BCUT2D eigenvalue weighted by Crippen LogP contribution is 2.26. The van der Waals surface area contributed by atoms with Gasteiger partial charge in [0.15, 0.2) is 0 Å². The Morgan fingerprint density at radius 1 is 1.57 bits per heavy atom.